The maximum Gasteiger partial charge on any atom is 0.307 e. The summed E-state index contributed by atoms with van der Waals surface area (Å²) in [7, 11) is 3.16. The van der Waals surface area contributed by atoms with E-state index < -0.39 is 5.97 Å². The molecule has 1 amide bonds. The van der Waals surface area contributed by atoms with Crippen LogP contribution in [0.4, 0.5) is 5.69 Å². The van der Waals surface area contributed by atoms with E-state index in [1.807, 2.05) is 24.3 Å². The first-order chi connectivity index (χ1) is 13.5. The molecule has 28 heavy (non-hydrogen) atoms. The largest absolute Gasteiger partial charge is 0.496 e. The molecule has 0 bridgehead atoms. The molecule has 6 heteroatoms. The Labute approximate surface area is 161 Å². The summed E-state index contributed by atoms with van der Waals surface area (Å²) < 4.78 is 11.3. The van der Waals surface area contributed by atoms with Crippen molar-refractivity contribution in [2.45, 2.75) is 13.0 Å². The quantitative estimate of drug-likeness (QED) is 0.735. The summed E-state index contributed by atoms with van der Waals surface area (Å²) in [6, 6.07) is 14.7. The number of methoxy groups -OCH3 is 2. The maximum atomic E-state index is 13.2. The van der Waals surface area contributed by atoms with Crippen molar-refractivity contribution < 1.29 is 24.2 Å². The number of ether oxygens (including phenoxy) is 2. The third-order valence-corrected chi connectivity index (χ3v) is 5.01. The number of amides is 1. The van der Waals surface area contributed by atoms with E-state index in [0.717, 1.165) is 16.3 Å². The van der Waals surface area contributed by atoms with Crippen molar-refractivity contribution in [3.63, 3.8) is 0 Å². The number of carboxylic acids is 1. The van der Waals surface area contributed by atoms with Crippen LogP contribution >= 0.6 is 0 Å². The monoisotopic (exact) mass is 377 g/mol. The van der Waals surface area contributed by atoms with Crippen molar-refractivity contribution >= 4 is 28.3 Å². The Balaban J connectivity index is 1.82. The molecule has 0 fully saturated rings. The molecule has 6 nitrogen and oxygen atoms in total. The van der Waals surface area contributed by atoms with E-state index >= 15 is 0 Å². The first kappa shape index (κ1) is 17.9. The molecule has 0 aromatic heterocycles. The number of hydrogen-bond donors (Lipinski definition) is 1. The Kier molecular flexibility index (Phi) is 4.39. The summed E-state index contributed by atoms with van der Waals surface area (Å²) in [5.74, 6) is 0.159. The van der Waals surface area contributed by atoms with Gasteiger partial charge in [-0.2, -0.15) is 0 Å². The van der Waals surface area contributed by atoms with Gasteiger partial charge in [0.2, 0.25) is 0 Å². The molecule has 1 N–H and O–H groups in total. The van der Waals surface area contributed by atoms with Gasteiger partial charge in [0, 0.05) is 22.0 Å². The highest BCUT2D eigenvalue weighted by molar-refractivity contribution is 6.16. The molecule has 0 spiro atoms. The Bertz CT molecular complexity index is 1090. The van der Waals surface area contributed by atoms with Crippen LogP contribution in [0.25, 0.3) is 10.8 Å². The van der Waals surface area contributed by atoms with Gasteiger partial charge in [-0.05, 0) is 17.7 Å². The molecule has 0 saturated heterocycles. The van der Waals surface area contributed by atoms with Gasteiger partial charge < -0.3 is 19.5 Å². The van der Waals surface area contributed by atoms with Crippen molar-refractivity contribution in [2.75, 3.05) is 19.1 Å². The van der Waals surface area contributed by atoms with Crippen LogP contribution in [0.1, 0.15) is 21.5 Å². The lowest BCUT2D eigenvalue weighted by atomic mass is 9.99. The Hall–Kier alpha value is -3.54. The molecule has 0 unspecified atom stereocenters. The van der Waals surface area contributed by atoms with E-state index in [4.69, 9.17) is 14.6 Å². The predicted molar refractivity (Wildman–Crippen MR) is 105 cm³/mol. The lowest BCUT2D eigenvalue weighted by Gasteiger charge is -2.16. The normalized spacial score (nSPS) is 12.9. The van der Waals surface area contributed by atoms with Crippen LogP contribution in [0.15, 0.2) is 48.5 Å². The van der Waals surface area contributed by atoms with Crippen molar-refractivity contribution in [3.05, 3.63) is 65.2 Å². The number of benzene rings is 3. The highest BCUT2D eigenvalue weighted by atomic mass is 16.5. The van der Waals surface area contributed by atoms with Gasteiger partial charge in [0.05, 0.1) is 32.7 Å². The van der Waals surface area contributed by atoms with Gasteiger partial charge >= 0.3 is 5.97 Å². The van der Waals surface area contributed by atoms with Crippen molar-refractivity contribution in [2.24, 2.45) is 0 Å². The van der Waals surface area contributed by atoms with Crippen molar-refractivity contribution in [1.82, 2.24) is 0 Å². The summed E-state index contributed by atoms with van der Waals surface area (Å²) in [5, 5.41) is 10.6. The average molecular weight is 377 g/mol. The fourth-order valence-corrected chi connectivity index (χ4v) is 3.79. The van der Waals surface area contributed by atoms with E-state index in [1.165, 1.54) is 0 Å². The molecular weight excluding hydrogens is 358 g/mol. The minimum absolute atomic E-state index is 0.0541. The number of carbonyl (C=O) groups excluding carboxylic acids is 1. The topological polar surface area (TPSA) is 76.1 Å². The molecule has 4 rings (SSSR count). The lowest BCUT2D eigenvalue weighted by molar-refractivity contribution is -0.136. The zero-order valence-electron chi connectivity index (χ0n) is 15.6. The Morgan fingerprint density at radius 2 is 1.61 bits per heavy atom. The van der Waals surface area contributed by atoms with E-state index in [1.54, 1.807) is 43.4 Å². The fraction of sp³-hybridized carbons (Fsp3) is 0.182. The number of carbonyl (C=O) groups is 2. The number of nitrogens with zero attached hydrogens (tertiary/aromatic N) is 1. The van der Waals surface area contributed by atoms with Gasteiger partial charge in [0.15, 0.2) is 0 Å². The van der Waals surface area contributed by atoms with Gasteiger partial charge in [-0.3, -0.25) is 9.59 Å². The van der Waals surface area contributed by atoms with Gasteiger partial charge in [0.1, 0.15) is 11.5 Å². The molecule has 1 heterocycles. The number of rotatable bonds is 5. The van der Waals surface area contributed by atoms with Crippen LogP contribution in [0.5, 0.6) is 11.5 Å². The van der Waals surface area contributed by atoms with Crippen molar-refractivity contribution in [3.8, 4) is 11.5 Å². The van der Waals surface area contributed by atoms with E-state index in [-0.39, 0.29) is 12.3 Å². The van der Waals surface area contributed by atoms with Gasteiger partial charge in [-0.15, -0.1) is 0 Å². The first-order valence-corrected chi connectivity index (χ1v) is 8.83. The van der Waals surface area contributed by atoms with Gasteiger partial charge in [-0.1, -0.05) is 36.4 Å². The van der Waals surface area contributed by atoms with Crippen molar-refractivity contribution in [1.29, 1.82) is 0 Å². The minimum atomic E-state index is -0.890. The van der Waals surface area contributed by atoms with E-state index in [2.05, 4.69) is 0 Å². The molecule has 1 aliphatic heterocycles. The summed E-state index contributed by atoms with van der Waals surface area (Å²) >= 11 is 0. The summed E-state index contributed by atoms with van der Waals surface area (Å²) in [4.78, 5) is 25.8. The molecule has 0 radical (unpaired) electrons. The molecule has 0 atom stereocenters. The second kappa shape index (κ2) is 6.88. The fourth-order valence-electron chi connectivity index (χ4n) is 3.79. The molecule has 3 aromatic rings. The predicted octanol–water partition coefficient (Wildman–Crippen LogP) is 3.64. The molecule has 142 valence electrons. The third-order valence-electron chi connectivity index (χ3n) is 5.01. The summed E-state index contributed by atoms with van der Waals surface area (Å²) in [6.07, 6.45) is -0.0541. The number of aliphatic carboxylic acids is 1. The van der Waals surface area contributed by atoms with E-state index in [9.17, 15) is 9.59 Å². The summed E-state index contributed by atoms with van der Waals surface area (Å²) in [5.41, 5.74) is 2.68. The van der Waals surface area contributed by atoms with Crippen LogP contribution in [-0.2, 0) is 17.8 Å². The smallest absolute Gasteiger partial charge is 0.307 e. The number of anilines is 1. The SMILES string of the molecule is COc1c2c(c(OC)c3ccccc13)C(=O)N(c1ccc(CC(=O)O)cc1)C2. The number of carboxylic acid groups (broad SMARTS) is 1. The second-order valence-electron chi connectivity index (χ2n) is 6.59. The van der Waals surface area contributed by atoms with Crippen LogP contribution in [0.2, 0.25) is 0 Å². The molecule has 3 aromatic carbocycles. The zero-order chi connectivity index (χ0) is 19.8. The first-order valence-electron chi connectivity index (χ1n) is 8.83. The third kappa shape index (κ3) is 2.74. The van der Waals surface area contributed by atoms with Crippen LogP contribution < -0.4 is 14.4 Å². The molecule has 0 aliphatic carbocycles. The molecule has 0 saturated carbocycles. The zero-order valence-corrected chi connectivity index (χ0v) is 15.6. The maximum absolute atomic E-state index is 13.2. The lowest BCUT2D eigenvalue weighted by Crippen LogP contribution is -2.23. The van der Waals surface area contributed by atoms with Gasteiger partial charge in [-0.25, -0.2) is 0 Å². The molecular formula is C22H19NO5. The Morgan fingerprint density at radius 1 is 1.00 bits per heavy atom. The molecule has 1 aliphatic rings. The highest BCUT2D eigenvalue weighted by Crippen LogP contribution is 2.45. The minimum Gasteiger partial charge on any atom is -0.496 e. The number of hydrogen-bond acceptors (Lipinski definition) is 4. The number of fused-ring (bicyclic) bond motifs is 2. The second-order valence-corrected chi connectivity index (χ2v) is 6.59. The summed E-state index contributed by atoms with van der Waals surface area (Å²) in [6.45, 7) is 0.358. The van der Waals surface area contributed by atoms with E-state index in [0.29, 0.717) is 34.9 Å². The van der Waals surface area contributed by atoms with Crippen LogP contribution in [0, 0.1) is 0 Å². The average Bonchev–Trinajstić information content (AvgIpc) is 3.03. The van der Waals surface area contributed by atoms with Crippen LogP contribution in [0.3, 0.4) is 0 Å². The Morgan fingerprint density at radius 3 is 2.18 bits per heavy atom. The highest BCUT2D eigenvalue weighted by Gasteiger charge is 2.36. The standard InChI is InChI=1S/C22H19NO5/c1-27-20-15-5-3-4-6-16(15)21(28-2)19-17(20)12-23(22(19)26)14-9-7-13(8-10-14)11-18(24)25/h3-10H,11-12H2,1-2H3,(H,24,25). The van der Waals surface area contributed by atoms with Gasteiger partial charge in [0.25, 0.3) is 5.91 Å². The van der Waals surface area contributed by atoms with Crippen LogP contribution in [-0.4, -0.2) is 31.2 Å².